The number of rotatable bonds is 3. The molecule has 10 heteroatoms. The van der Waals surface area contributed by atoms with Crippen molar-refractivity contribution < 1.29 is 32.6 Å². The minimum atomic E-state index is -1.85. The Hall–Kier alpha value is -3.48. The van der Waals surface area contributed by atoms with Gasteiger partial charge in [-0.15, -0.1) is 0 Å². The summed E-state index contributed by atoms with van der Waals surface area (Å²) < 4.78 is 46.9. The van der Waals surface area contributed by atoms with E-state index in [0.29, 0.717) is 4.57 Å². The van der Waals surface area contributed by atoms with Gasteiger partial charge in [0, 0.05) is 6.20 Å². The fourth-order valence-electron chi connectivity index (χ4n) is 2.05. The molecule has 2 aromatic rings. The van der Waals surface area contributed by atoms with Crippen molar-refractivity contribution in [2.24, 2.45) is 0 Å². The average Bonchev–Trinajstić information content (AvgIpc) is 2.86. The number of hydrogen-bond acceptors (Lipinski definition) is 5. The van der Waals surface area contributed by atoms with Crippen molar-refractivity contribution in [3.05, 3.63) is 46.5 Å². The summed E-state index contributed by atoms with van der Waals surface area (Å²) in [5.74, 6) is -8.08. The number of nitrogen functional groups attached to an aromatic ring is 1. The quantitative estimate of drug-likeness (QED) is 0.650. The number of nitriles is 1. The summed E-state index contributed by atoms with van der Waals surface area (Å²) in [7, 11) is 0.951. The molecule has 0 aliphatic heterocycles. The molecule has 0 aliphatic rings. The summed E-state index contributed by atoms with van der Waals surface area (Å²) in [5, 5.41) is 17.8. The van der Waals surface area contributed by atoms with Gasteiger partial charge in [0.15, 0.2) is 23.1 Å². The third-order valence-electron chi connectivity index (χ3n) is 3.15. The topological polar surface area (TPSA) is 118 Å². The number of anilines is 1. The lowest BCUT2D eigenvalue weighted by Gasteiger charge is -2.12. The number of carboxylic acids is 1. The molecule has 0 saturated heterocycles. The van der Waals surface area contributed by atoms with E-state index in [2.05, 4.69) is 4.74 Å². The van der Waals surface area contributed by atoms with E-state index in [9.17, 15) is 22.8 Å². The van der Waals surface area contributed by atoms with Crippen LogP contribution in [0.4, 0.5) is 18.9 Å². The van der Waals surface area contributed by atoms with Gasteiger partial charge >= 0.3 is 11.9 Å². The number of methoxy groups -OCH3 is 1. The fourth-order valence-corrected chi connectivity index (χ4v) is 2.05. The zero-order valence-corrected chi connectivity index (χ0v) is 11.9. The van der Waals surface area contributed by atoms with Crippen LogP contribution in [0.5, 0.6) is 0 Å². The first kappa shape index (κ1) is 16.9. The summed E-state index contributed by atoms with van der Waals surface area (Å²) in [6.45, 7) is 0. The Kier molecular flexibility index (Phi) is 4.19. The third kappa shape index (κ3) is 2.41. The van der Waals surface area contributed by atoms with Gasteiger partial charge in [0.05, 0.1) is 18.4 Å². The molecular formula is C14H8F3N3O4. The average molecular weight is 339 g/mol. The van der Waals surface area contributed by atoms with E-state index in [-0.39, 0.29) is 11.6 Å². The molecule has 0 aliphatic carbocycles. The number of ether oxygens (including phenoxy) is 1. The molecule has 1 aromatic carbocycles. The number of aromatic carboxylic acids is 1. The molecule has 0 radical (unpaired) electrons. The van der Waals surface area contributed by atoms with Crippen LogP contribution in [0.3, 0.4) is 0 Å². The van der Waals surface area contributed by atoms with Crippen molar-refractivity contribution in [2.75, 3.05) is 12.8 Å². The van der Waals surface area contributed by atoms with Gasteiger partial charge in [0.1, 0.15) is 17.3 Å². The minimum Gasteiger partial charge on any atom is -0.478 e. The van der Waals surface area contributed by atoms with E-state index in [1.807, 2.05) is 0 Å². The number of aromatic nitrogens is 1. The molecule has 0 unspecified atom stereocenters. The highest BCUT2D eigenvalue weighted by molar-refractivity contribution is 5.96. The molecule has 1 aromatic heterocycles. The minimum absolute atomic E-state index is 0.159. The van der Waals surface area contributed by atoms with Crippen molar-refractivity contribution in [3.63, 3.8) is 0 Å². The summed E-state index contributed by atoms with van der Waals surface area (Å²) >= 11 is 0. The Morgan fingerprint density at radius 2 is 1.96 bits per heavy atom. The Morgan fingerprint density at radius 1 is 1.33 bits per heavy atom. The number of carboxylic acid groups (broad SMARTS) is 1. The molecule has 2 rings (SSSR count). The van der Waals surface area contributed by atoms with E-state index >= 15 is 0 Å². The maximum atomic E-state index is 14.4. The molecule has 24 heavy (non-hydrogen) atoms. The number of nitrogens with zero attached hydrogens (tertiary/aromatic N) is 2. The summed E-state index contributed by atoms with van der Waals surface area (Å²) in [4.78, 5) is 22.8. The molecule has 0 saturated carbocycles. The molecule has 124 valence electrons. The van der Waals surface area contributed by atoms with Crippen molar-refractivity contribution in [3.8, 4) is 11.8 Å². The molecular weight excluding hydrogens is 331 g/mol. The second-order valence-corrected chi connectivity index (χ2v) is 4.47. The van der Waals surface area contributed by atoms with Gasteiger partial charge < -0.3 is 20.1 Å². The van der Waals surface area contributed by atoms with Gasteiger partial charge in [-0.3, -0.25) is 0 Å². The SMILES string of the molecule is COC(=O)c1c(N)c(C#N)cn1-c1c(F)c(F)cc(C(=O)O)c1F. The summed E-state index contributed by atoms with van der Waals surface area (Å²) in [6, 6.07) is 1.75. The van der Waals surface area contributed by atoms with E-state index in [1.165, 1.54) is 0 Å². The van der Waals surface area contributed by atoms with Gasteiger partial charge in [-0.1, -0.05) is 0 Å². The second-order valence-electron chi connectivity index (χ2n) is 4.47. The Balaban J connectivity index is 2.95. The highest BCUT2D eigenvalue weighted by Crippen LogP contribution is 2.30. The number of benzene rings is 1. The molecule has 1 heterocycles. The lowest BCUT2D eigenvalue weighted by Crippen LogP contribution is -2.16. The lowest BCUT2D eigenvalue weighted by molar-refractivity contribution is 0.0592. The smallest absolute Gasteiger partial charge is 0.357 e. The van der Waals surface area contributed by atoms with Crippen molar-refractivity contribution in [1.82, 2.24) is 4.57 Å². The molecule has 7 nitrogen and oxygen atoms in total. The predicted octanol–water partition coefficient (Wildman–Crippen LogP) is 1.83. The molecule has 0 atom stereocenters. The van der Waals surface area contributed by atoms with Crippen molar-refractivity contribution in [2.45, 2.75) is 0 Å². The number of carbonyl (C=O) groups is 2. The number of halogens is 3. The van der Waals surface area contributed by atoms with Crippen LogP contribution >= 0.6 is 0 Å². The number of esters is 1. The van der Waals surface area contributed by atoms with Crippen molar-refractivity contribution in [1.29, 1.82) is 5.26 Å². The zero-order chi connectivity index (χ0) is 18.2. The van der Waals surface area contributed by atoms with E-state index < -0.39 is 52.0 Å². The Labute approximate surface area is 132 Å². The summed E-state index contributed by atoms with van der Waals surface area (Å²) in [5.41, 5.74) is 1.76. The predicted molar refractivity (Wildman–Crippen MR) is 73.1 cm³/mol. The first-order valence-corrected chi connectivity index (χ1v) is 6.14. The molecule has 0 fully saturated rings. The maximum Gasteiger partial charge on any atom is 0.357 e. The standard InChI is InChI=1S/C14H8F3N3O4/c1-24-14(23)12-10(19)5(3-18)4-20(12)11-8(16)6(13(21)22)2-7(15)9(11)17/h2,4H,19H2,1H3,(H,21,22). The van der Waals surface area contributed by atoms with E-state index in [0.717, 1.165) is 13.3 Å². The van der Waals surface area contributed by atoms with Crippen LogP contribution in [0.1, 0.15) is 26.4 Å². The van der Waals surface area contributed by atoms with Crippen LogP contribution in [-0.4, -0.2) is 28.7 Å². The van der Waals surface area contributed by atoms with Crippen molar-refractivity contribution >= 4 is 17.6 Å². The fraction of sp³-hybridized carbons (Fsp3) is 0.0714. The number of carbonyl (C=O) groups excluding carboxylic acids is 1. The summed E-state index contributed by atoms with van der Waals surface area (Å²) in [6.07, 6.45) is 0.772. The van der Waals surface area contributed by atoms with E-state index in [4.69, 9.17) is 16.1 Å². The van der Waals surface area contributed by atoms with Gasteiger partial charge in [0.25, 0.3) is 0 Å². The first-order chi connectivity index (χ1) is 11.2. The number of hydrogen-bond donors (Lipinski definition) is 2. The van der Waals surface area contributed by atoms with Crippen LogP contribution in [-0.2, 0) is 4.74 Å². The van der Waals surface area contributed by atoms with Crippen LogP contribution in [0.15, 0.2) is 12.3 Å². The molecule has 0 amide bonds. The second kappa shape index (κ2) is 5.96. The van der Waals surface area contributed by atoms with Crippen LogP contribution < -0.4 is 5.73 Å². The van der Waals surface area contributed by atoms with Gasteiger partial charge in [0.2, 0.25) is 0 Å². The van der Waals surface area contributed by atoms with Crippen LogP contribution in [0, 0.1) is 28.8 Å². The zero-order valence-electron chi connectivity index (χ0n) is 11.9. The number of nitrogens with two attached hydrogens (primary N) is 1. The maximum absolute atomic E-state index is 14.4. The largest absolute Gasteiger partial charge is 0.478 e. The van der Waals surface area contributed by atoms with Gasteiger partial charge in [-0.25, -0.2) is 22.8 Å². The Bertz CT molecular complexity index is 915. The molecule has 0 bridgehead atoms. The highest BCUT2D eigenvalue weighted by Gasteiger charge is 2.29. The first-order valence-electron chi connectivity index (χ1n) is 6.14. The molecule has 0 spiro atoms. The Morgan fingerprint density at radius 3 is 2.46 bits per heavy atom. The monoisotopic (exact) mass is 339 g/mol. The van der Waals surface area contributed by atoms with Crippen LogP contribution in [0.25, 0.3) is 5.69 Å². The normalized spacial score (nSPS) is 10.3. The van der Waals surface area contributed by atoms with Gasteiger partial charge in [-0.05, 0) is 6.07 Å². The van der Waals surface area contributed by atoms with Crippen LogP contribution in [0.2, 0.25) is 0 Å². The lowest BCUT2D eigenvalue weighted by atomic mass is 10.1. The van der Waals surface area contributed by atoms with Gasteiger partial charge in [-0.2, -0.15) is 5.26 Å². The third-order valence-corrected chi connectivity index (χ3v) is 3.15. The molecule has 3 N–H and O–H groups in total. The van der Waals surface area contributed by atoms with E-state index in [1.54, 1.807) is 6.07 Å². The highest BCUT2D eigenvalue weighted by atomic mass is 19.2.